The van der Waals surface area contributed by atoms with Crippen LogP contribution in [0.15, 0.2) is 0 Å². The number of Topliss-reactive ketones (excluding diaryl/α,β-unsaturated/α-hetero) is 1. The van der Waals surface area contributed by atoms with Crippen LogP contribution in [0.25, 0.3) is 0 Å². The molecule has 212 valence electrons. The van der Waals surface area contributed by atoms with Crippen LogP contribution in [-0.4, -0.2) is 59.0 Å². The number of carbonyl (C=O) groups excluding carboxylic acids is 2. The lowest BCUT2D eigenvalue weighted by molar-refractivity contribution is -0.201. The van der Waals surface area contributed by atoms with Gasteiger partial charge in [-0.25, -0.2) is 0 Å². The van der Waals surface area contributed by atoms with Crippen molar-refractivity contribution in [3.05, 3.63) is 0 Å². The normalized spacial score (nSPS) is 42.9. The molecule has 0 bridgehead atoms. The molecule has 0 aromatic rings. The van der Waals surface area contributed by atoms with Crippen LogP contribution in [-0.2, 0) is 24.4 Å². The number of halogens is 2. The van der Waals surface area contributed by atoms with Crippen LogP contribution in [0.3, 0.4) is 0 Å². The predicted octanol–water partition coefficient (Wildman–Crippen LogP) is 3.60. The number of aliphatic hydroxyl groups is 2. The predicted molar refractivity (Wildman–Crippen MR) is 129 cm³/mol. The Bertz CT molecular complexity index is 1020. The molecule has 4 aliphatic rings. The molecule has 0 aromatic heterocycles. The third-order valence-electron chi connectivity index (χ3n) is 10.9. The molecule has 0 saturated heterocycles. The van der Waals surface area contributed by atoms with Gasteiger partial charge in [0.1, 0.15) is 5.78 Å². The van der Waals surface area contributed by atoms with E-state index in [1.54, 1.807) is 0 Å². The van der Waals surface area contributed by atoms with Crippen LogP contribution < -0.4 is 0 Å². The van der Waals surface area contributed by atoms with Crippen molar-refractivity contribution in [2.24, 2.45) is 46.3 Å². The standard InChI is InChI=1S/C26H40F2O8S/c1-14(4-7-22(32)36-13-26(27,28)37(33,34)35)17-5-6-18-23-19(12-21(31)25(17,18)3)24(2)9-8-16(29)10-15(24)11-20(23)30/h14-15,17-21,23,30-31H,4-13H2,1-3H3,(H,33,34,35)/t14-,15+,17-,18+,19+,20?,21?,23+,24+,25-/m1/s1. The van der Waals surface area contributed by atoms with Crippen LogP contribution in [0, 0.1) is 46.3 Å². The summed E-state index contributed by atoms with van der Waals surface area (Å²) < 4.78 is 61.1. The fourth-order valence-electron chi connectivity index (χ4n) is 8.80. The molecular weight excluding hydrogens is 510 g/mol. The highest BCUT2D eigenvalue weighted by Crippen LogP contribution is 2.68. The largest absolute Gasteiger partial charge is 0.458 e. The van der Waals surface area contributed by atoms with Crippen molar-refractivity contribution in [1.82, 2.24) is 0 Å². The van der Waals surface area contributed by atoms with Crippen LogP contribution in [0.1, 0.15) is 78.6 Å². The summed E-state index contributed by atoms with van der Waals surface area (Å²) in [6.45, 7) is 4.52. The maximum Gasteiger partial charge on any atom is 0.402 e. The second kappa shape index (κ2) is 9.78. The van der Waals surface area contributed by atoms with E-state index < -0.39 is 45.6 Å². The Morgan fingerprint density at radius 2 is 1.86 bits per heavy atom. The topological polar surface area (TPSA) is 138 Å². The third-order valence-corrected chi connectivity index (χ3v) is 11.8. The van der Waals surface area contributed by atoms with Crippen molar-refractivity contribution in [1.29, 1.82) is 0 Å². The molecule has 4 fully saturated rings. The number of esters is 1. The van der Waals surface area contributed by atoms with Crippen LogP contribution in [0.5, 0.6) is 0 Å². The first-order chi connectivity index (χ1) is 17.0. The number of ether oxygens (including phenoxy) is 1. The van der Waals surface area contributed by atoms with Gasteiger partial charge in [0.15, 0.2) is 6.61 Å². The molecule has 2 unspecified atom stereocenters. The van der Waals surface area contributed by atoms with Gasteiger partial charge < -0.3 is 14.9 Å². The monoisotopic (exact) mass is 550 g/mol. The minimum Gasteiger partial charge on any atom is -0.458 e. The van der Waals surface area contributed by atoms with E-state index in [9.17, 15) is 37.0 Å². The molecule has 4 aliphatic carbocycles. The van der Waals surface area contributed by atoms with E-state index in [0.29, 0.717) is 32.1 Å². The number of rotatable bonds is 7. The number of carbonyl (C=O) groups is 2. The van der Waals surface area contributed by atoms with Gasteiger partial charge in [0.05, 0.1) is 12.2 Å². The number of hydrogen-bond donors (Lipinski definition) is 3. The Labute approximate surface area is 217 Å². The van der Waals surface area contributed by atoms with Crippen molar-refractivity contribution in [2.75, 3.05) is 6.61 Å². The molecule has 0 amide bonds. The maximum absolute atomic E-state index is 13.4. The summed E-state index contributed by atoms with van der Waals surface area (Å²) in [4.78, 5) is 24.2. The Kier molecular flexibility index (Phi) is 7.62. The Balaban J connectivity index is 1.43. The summed E-state index contributed by atoms with van der Waals surface area (Å²) in [5.74, 6) is -0.324. The highest BCUT2D eigenvalue weighted by Gasteiger charge is 2.65. The molecule has 0 aromatic carbocycles. The summed E-state index contributed by atoms with van der Waals surface area (Å²) >= 11 is 0. The molecule has 37 heavy (non-hydrogen) atoms. The molecule has 8 nitrogen and oxygen atoms in total. The van der Waals surface area contributed by atoms with Gasteiger partial charge in [-0.3, -0.25) is 14.1 Å². The number of alkyl halides is 2. The summed E-state index contributed by atoms with van der Waals surface area (Å²) in [6, 6.07) is 0. The quantitative estimate of drug-likeness (QED) is 0.323. The molecule has 4 rings (SSSR count). The maximum atomic E-state index is 13.4. The summed E-state index contributed by atoms with van der Waals surface area (Å²) in [6.07, 6.45) is 3.64. The van der Waals surface area contributed by atoms with Gasteiger partial charge in [-0.05, 0) is 84.9 Å². The van der Waals surface area contributed by atoms with Gasteiger partial charge in [-0.15, -0.1) is 0 Å². The zero-order valence-corrected chi connectivity index (χ0v) is 22.6. The second-order valence-corrected chi connectivity index (χ2v) is 14.2. The fraction of sp³-hybridized carbons (Fsp3) is 0.923. The lowest BCUT2D eigenvalue weighted by Gasteiger charge is -2.63. The van der Waals surface area contributed by atoms with Gasteiger partial charge >= 0.3 is 21.3 Å². The number of ketones is 1. The van der Waals surface area contributed by atoms with Crippen LogP contribution in [0.4, 0.5) is 8.78 Å². The van der Waals surface area contributed by atoms with E-state index in [0.717, 1.165) is 19.3 Å². The van der Waals surface area contributed by atoms with E-state index in [2.05, 4.69) is 18.6 Å². The van der Waals surface area contributed by atoms with Gasteiger partial charge in [0.25, 0.3) is 0 Å². The van der Waals surface area contributed by atoms with E-state index in [1.807, 2.05) is 6.92 Å². The number of hydrogen-bond acceptors (Lipinski definition) is 7. The van der Waals surface area contributed by atoms with Crippen molar-refractivity contribution in [3.8, 4) is 0 Å². The van der Waals surface area contributed by atoms with Crippen molar-refractivity contribution in [3.63, 3.8) is 0 Å². The number of aliphatic hydroxyl groups excluding tert-OH is 2. The molecule has 0 aliphatic heterocycles. The van der Waals surface area contributed by atoms with Crippen molar-refractivity contribution >= 4 is 21.9 Å². The Hall–Kier alpha value is -1.17. The Morgan fingerprint density at radius 3 is 2.51 bits per heavy atom. The first-order valence-corrected chi connectivity index (χ1v) is 14.8. The van der Waals surface area contributed by atoms with Gasteiger partial charge in [0, 0.05) is 19.3 Å². The van der Waals surface area contributed by atoms with E-state index in [1.165, 1.54) is 0 Å². The minimum atomic E-state index is -5.67. The zero-order valence-electron chi connectivity index (χ0n) is 21.7. The lowest BCUT2D eigenvalue weighted by atomic mass is 9.43. The molecule has 11 heteroatoms. The molecule has 0 heterocycles. The highest BCUT2D eigenvalue weighted by molar-refractivity contribution is 7.86. The minimum absolute atomic E-state index is 0.0349. The van der Waals surface area contributed by atoms with Crippen molar-refractivity contribution < 1.29 is 46.3 Å². The average molecular weight is 551 g/mol. The third kappa shape index (κ3) is 4.87. The zero-order chi connectivity index (χ0) is 27.6. The Morgan fingerprint density at radius 1 is 1.19 bits per heavy atom. The molecule has 3 N–H and O–H groups in total. The first kappa shape index (κ1) is 28.8. The smallest absolute Gasteiger partial charge is 0.402 e. The van der Waals surface area contributed by atoms with Crippen molar-refractivity contribution in [2.45, 2.75) is 96.0 Å². The van der Waals surface area contributed by atoms with E-state index in [-0.39, 0.29) is 53.1 Å². The molecule has 10 atom stereocenters. The molecular formula is C26H40F2O8S. The SMILES string of the molecule is C[C@H](CCC(=O)OCC(F)(F)S(=O)(=O)O)[C@H]1CC[C@H]2[C@@H]3C(O)C[C@@H]4CC(=O)CC[C@]4(C)[C@H]3CC(O)[C@]12C. The summed E-state index contributed by atoms with van der Waals surface area (Å²) in [5, 5.41) is 18.3. The van der Waals surface area contributed by atoms with Crippen LogP contribution in [0.2, 0.25) is 0 Å². The second-order valence-electron chi connectivity index (χ2n) is 12.6. The fourth-order valence-corrected chi connectivity index (χ4v) is 9.01. The average Bonchev–Trinajstić information content (AvgIpc) is 3.16. The van der Waals surface area contributed by atoms with Gasteiger partial charge in [0.2, 0.25) is 0 Å². The molecule has 0 radical (unpaired) electrons. The van der Waals surface area contributed by atoms with E-state index in [4.69, 9.17) is 4.55 Å². The summed E-state index contributed by atoms with van der Waals surface area (Å²) in [7, 11) is -5.67. The highest BCUT2D eigenvalue weighted by atomic mass is 32.2. The molecule has 4 saturated carbocycles. The van der Waals surface area contributed by atoms with E-state index >= 15 is 0 Å². The lowest BCUT2D eigenvalue weighted by Crippen LogP contribution is -2.62. The first-order valence-electron chi connectivity index (χ1n) is 13.4. The van der Waals surface area contributed by atoms with Gasteiger partial charge in [-0.1, -0.05) is 20.8 Å². The number of fused-ring (bicyclic) bond motifs is 5. The van der Waals surface area contributed by atoms with Crippen LogP contribution >= 0.6 is 0 Å². The van der Waals surface area contributed by atoms with Gasteiger partial charge in [-0.2, -0.15) is 17.2 Å². The summed E-state index contributed by atoms with van der Waals surface area (Å²) in [5.41, 5.74) is -0.561. The molecule has 0 spiro atoms.